The molecule has 3 aromatic rings. The van der Waals surface area contributed by atoms with E-state index in [9.17, 15) is 18.7 Å². The third-order valence-electron chi connectivity index (χ3n) is 7.73. The summed E-state index contributed by atoms with van der Waals surface area (Å²) in [6, 6.07) is 19.0. The molecule has 5 nitrogen and oxygen atoms in total. The molecule has 0 saturated carbocycles. The van der Waals surface area contributed by atoms with E-state index in [1.165, 1.54) is 11.6 Å². The highest BCUT2D eigenvalue weighted by molar-refractivity contribution is 6.01. The Hall–Kier alpha value is -3.84. The van der Waals surface area contributed by atoms with Crippen LogP contribution in [0.15, 0.2) is 60.7 Å². The van der Waals surface area contributed by atoms with E-state index in [0.717, 1.165) is 84.3 Å². The molecule has 0 atom stereocenters. The molecule has 1 fully saturated rings. The fourth-order valence-electron chi connectivity index (χ4n) is 5.85. The van der Waals surface area contributed by atoms with Crippen molar-refractivity contribution in [2.45, 2.75) is 39.0 Å². The van der Waals surface area contributed by atoms with Gasteiger partial charge in [0.15, 0.2) is 0 Å². The van der Waals surface area contributed by atoms with Gasteiger partial charge in [-0.05, 0) is 114 Å². The minimum Gasteiger partial charge on any atom is -0.483 e. The molecule has 5 rings (SSSR count). The number of nitrogens with zero attached hydrogens (tertiary/aromatic N) is 1. The highest BCUT2D eigenvalue weighted by Crippen LogP contribution is 2.41. The van der Waals surface area contributed by atoms with Crippen molar-refractivity contribution in [3.8, 4) is 0 Å². The predicted molar refractivity (Wildman–Crippen MR) is 153 cm³/mol. The predicted octanol–water partition coefficient (Wildman–Crippen LogP) is 6.66. The lowest BCUT2D eigenvalue weighted by Gasteiger charge is -2.39. The number of aryl methyl sites for hydroxylation is 2. The van der Waals surface area contributed by atoms with E-state index in [0.29, 0.717) is 17.9 Å². The quantitative estimate of drug-likeness (QED) is 0.308. The highest BCUT2D eigenvalue weighted by Gasteiger charge is 2.26. The van der Waals surface area contributed by atoms with Crippen molar-refractivity contribution in [3.05, 3.63) is 105 Å². The van der Waals surface area contributed by atoms with Gasteiger partial charge in [0.2, 0.25) is 0 Å². The highest BCUT2D eigenvalue weighted by atomic mass is 19.1. The van der Waals surface area contributed by atoms with Gasteiger partial charge in [-0.1, -0.05) is 36.4 Å². The number of aromatic carboxylic acids is 1. The van der Waals surface area contributed by atoms with E-state index in [2.05, 4.69) is 29.2 Å². The molecule has 1 heterocycles. The summed E-state index contributed by atoms with van der Waals surface area (Å²) >= 11 is 0. The molecular weight excluding hydrogens is 512 g/mol. The molecule has 1 saturated heterocycles. The van der Waals surface area contributed by atoms with Crippen LogP contribution in [-0.2, 0) is 17.6 Å². The van der Waals surface area contributed by atoms with Crippen LogP contribution < -0.4 is 0 Å². The first kappa shape index (κ1) is 29.2. The second-order valence-electron chi connectivity index (χ2n) is 10.5. The van der Waals surface area contributed by atoms with Gasteiger partial charge in [0.1, 0.15) is 5.82 Å². The Kier molecular flexibility index (Phi) is 9.83. The van der Waals surface area contributed by atoms with Crippen molar-refractivity contribution in [1.82, 2.24) is 4.90 Å². The number of hydrogen-bond donors (Lipinski definition) is 2. The summed E-state index contributed by atoms with van der Waals surface area (Å²) in [4.78, 5) is 22.3. The Morgan fingerprint density at radius 1 is 1.02 bits per heavy atom. The standard InChI is InChI=1S/C32H33F2NO2.CH2O2/c1-21-6-12-27(34)18-30(21)29-5-2-4-25-17-26(32(36)37)11-13-28(25)31(29)24-9-7-22(8-10-24)16-23-19-35(20-23)15-3-14-33;2-1-3/h6-13,17-18,23H,2-5,14-16,19-20H2,1H3,(H,36,37);1H,(H,2,3). The SMILES string of the molecule is Cc1ccc(F)cc1C1=C(c2ccc(CC3CN(CCCF)C3)cc2)c2ccc(C(=O)O)cc2CCC1.O=CO. The molecule has 210 valence electrons. The van der Waals surface area contributed by atoms with E-state index in [1.54, 1.807) is 18.2 Å². The topological polar surface area (TPSA) is 77.8 Å². The molecule has 7 heteroatoms. The van der Waals surface area contributed by atoms with E-state index >= 15 is 0 Å². The molecule has 0 bridgehead atoms. The van der Waals surface area contributed by atoms with Crippen LogP contribution in [0.2, 0.25) is 0 Å². The van der Waals surface area contributed by atoms with Crippen LogP contribution in [0.25, 0.3) is 11.1 Å². The number of rotatable bonds is 8. The largest absolute Gasteiger partial charge is 0.483 e. The fraction of sp³-hybridized carbons (Fsp3) is 0.333. The van der Waals surface area contributed by atoms with E-state index in [4.69, 9.17) is 9.90 Å². The molecule has 40 heavy (non-hydrogen) atoms. The number of alkyl halides is 1. The van der Waals surface area contributed by atoms with Gasteiger partial charge in [0.25, 0.3) is 6.47 Å². The van der Waals surface area contributed by atoms with Crippen LogP contribution in [0.3, 0.4) is 0 Å². The third-order valence-corrected chi connectivity index (χ3v) is 7.73. The van der Waals surface area contributed by atoms with Gasteiger partial charge in [-0.2, -0.15) is 0 Å². The maximum atomic E-state index is 14.4. The third kappa shape index (κ3) is 6.83. The van der Waals surface area contributed by atoms with Crippen LogP contribution in [0.1, 0.15) is 63.0 Å². The van der Waals surface area contributed by atoms with Crippen LogP contribution in [-0.4, -0.2) is 53.9 Å². The molecule has 0 amide bonds. The van der Waals surface area contributed by atoms with Gasteiger partial charge in [-0.15, -0.1) is 0 Å². The number of fused-ring (bicyclic) bond motifs is 1. The summed E-state index contributed by atoms with van der Waals surface area (Å²) in [6.45, 7) is 4.39. The lowest BCUT2D eigenvalue weighted by Crippen LogP contribution is -2.47. The molecule has 0 spiro atoms. The Morgan fingerprint density at radius 3 is 2.42 bits per heavy atom. The molecule has 0 unspecified atom stereocenters. The molecule has 1 aliphatic heterocycles. The Bertz CT molecular complexity index is 1380. The maximum Gasteiger partial charge on any atom is 0.335 e. The number of allylic oxidation sites excluding steroid dienone is 1. The van der Waals surface area contributed by atoms with Gasteiger partial charge in [-0.25, -0.2) is 9.18 Å². The molecular formula is C33H35F2NO4. The van der Waals surface area contributed by atoms with Crippen LogP contribution in [0, 0.1) is 18.7 Å². The Balaban J connectivity index is 0.00000118. The smallest absolute Gasteiger partial charge is 0.335 e. The molecule has 3 aromatic carbocycles. The molecule has 2 aliphatic rings. The average molecular weight is 548 g/mol. The van der Waals surface area contributed by atoms with Crippen molar-refractivity contribution in [3.63, 3.8) is 0 Å². The first-order valence-corrected chi connectivity index (χ1v) is 13.7. The minimum atomic E-state index is -0.928. The number of hydrogen-bond acceptors (Lipinski definition) is 3. The molecule has 1 aliphatic carbocycles. The van der Waals surface area contributed by atoms with Crippen molar-refractivity contribution in [1.29, 1.82) is 0 Å². The van der Waals surface area contributed by atoms with Crippen molar-refractivity contribution in [2.24, 2.45) is 5.92 Å². The van der Waals surface area contributed by atoms with Gasteiger partial charge in [0.05, 0.1) is 12.2 Å². The summed E-state index contributed by atoms with van der Waals surface area (Å²) in [6.07, 6.45) is 4.04. The normalized spacial score (nSPS) is 15.4. The van der Waals surface area contributed by atoms with Gasteiger partial charge in [0, 0.05) is 19.6 Å². The molecule has 0 radical (unpaired) electrons. The monoisotopic (exact) mass is 547 g/mol. The number of carbonyl (C=O) groups is 2. The summed E-state index contributed by atoms with van der Waals surface area (Å²) in [5.74, 6) is -0.583. The Labute approximate surface area is 233 Å². The lowest BCUT2D eigenvalue weighted by molar-refractivity contribution is -0.122. The van der Waals surface area contributed by atoms with Gasteiger partial charge >= 0.3 is 5.97 Å². The van der Waals surface area contributed by atoms with Gasteiger partial charge < -0.3 is 15.1 Å². The summed E-state index contributed by atoms with van der Waals surface area (Å²) < 4.78 is 26.8. The van der Waals surface area contributed by atoms with E-state index in [1.807, 2.05) is 19.1 Å². The zero-order valence-electron chi connectivity index (χ0n) is 22.7. The van der Waals surface area contributed by atoms with E-state index in [-0.39, 0.29) is 19.0 Å². The van der Waals surface area contributed by atoms with E-state index < -0.39 is 5.97 Å². The summed E-state index contributed by atoms with van der Waals surface area (Å²) in [5, 5.41) is 16.4. The fourth-order valence-corrected chi connectivity index (χ4v) is 5.85. The first-order valence-electron chi connectivity index (χ1n) is 13.7. The average Bonchev–Trinajstić information content (AvgIpc) is 3.11. The molecule has 2 N–H and O–H groups in total. The minimum absolute atomic E-state index is 0.250. The number of halogens is 2. The number of carboxylic acid groups (broad SMARTS) is 2. The van der Waals surface area contributed by atoms with Crippen LogP contribution >= 0.6 is 0 Å². The number of likely N-dealkylation sites (tertiary alicyclic amines) is 1. The van der Waals surface area contributed by atoms with Crippen molar-refractivity contribution < 1.29 is 28.6 Å². The van der Waals surface area contributed by atoms with Crippen LogP contribution in [0.5, 0.6) is 0 Å². The second-order valence-corrected chi connectivity index (χ2v) is 10.5. The first-order chi connectivity index (χ1) is 19.3. The Morgan fingerprint density at radius 2 is 1.75 bits per heavy atom. The summed E-state index contributed by atoms with van der Waals surface area (Å²) in [7, 11) is 0. The van der Waals surface area contributed by atoms with Crippen molar-refractivity contribution >= 4 is 23.6 Å². The zero-order chi connectivity index (χ0) is 28.6. The molecule has 0 aromatic heterocycles. The summed E-state index contributed by atoms with van der Waals surface area (Å²) in [5.41, 5.74) is 8.78. The number of carboxylic acids is 1. The second kappa shape index (κ2) is 13.5. The lowest BCUT2D eigenvalue weighted by atomic mass is 9.85. The zero-order valence-corrected chi connectivity index (χ0v) is 22.7. The van der Waals surface area contributed by atoms with Crippen molar-refractivity contribution in [2.75, 3.05) is 26.3 Å². The maximum absolute atomic E-state index is 14.4. The van der Waals surface area contributed by atoms with Gasteiger partial charge in [-0.3, -0.25) is 9.18 Å². The number of benzene rings is 3. The van der Waals surface area contributed by atoms with Crippen LogP contribution in [0.4, 0.5) is 8.78 Å².